The lowest BCUT2D eigenvalue weighted by atomic mass is 10.3. The van der Waals surface area contributed by atoms with Crippen LogP contribution in [0.4, 0.5) is 10.5 Å². The molecule has 0 atom stereocenters. The third kappa shape index (κ3) is 5.15. The standard InChI is InChI=1S/C11H14N2O5/c12-11(14)18-8-2-1-7-17-10-5-3-9(4-6-10)13(15)16/h3-6H,1-2,7-8H2,(H2,12,14). The van der Waals surface area contributed by atoms with Gasteiger partial charge in [0.15, 0.2) is 0 Å². The minimum atomic E-state index is -0.786. The molecule has 7 nitrogen and oxygen atoms in total. The summed E-state index contributed by atoms with van der Waals surface area (Å²) in [4.78, 5) is 20.2. The molecule has 0 fully saturated rings. The van der Waals surface area contributed by atoms with Crippen LogP contribution in [0.3, 0.4) is 0 Å². The molecule has 0 aliphatic heterocycles. The van der Waals surface area contributed by atoms with Gasteiger partial charge >= 0.3 is 6.09 Å². The van der Waals surface area contributed by atoms with Gasteiger partial charge in [-0.3, -0.25) is 10.1 Å². The van der Waals surface area contributed by atoms with Gasteiger partial charge in [0.2, 0.25) is 0 Å². The first-order chi connectivity index (χ1) is 8.59. The number of nitrogens with zero attached hydrogens (tertiary/aromatic N) is 1. The second kappa shape index (κ2) is 7.10. The van der Waals surface area contributed by atoms with E-state index < -0.39 is 11.0 Å². The first-order valence-corrected chi connectivity index (χ1v) is 5.39. The molecule has 0 spiro atoms. The van der Waals surface area contributed by atoms with E-state index in [0.717, 1.165) is 0 Å². The molecule has 0 radical (unpaired) electrons. The van der Waals surface area contributed by atoms with Crippen LogP contribution in [0.5, 0.6) is 5.75 Å². The predicted octanol–water partition coefficient (Wildman–Crippen LogP) is 1.85. The Kier molecular flexibility index (Phi) is 5.43. The fourth-order valence-electron chi connectivity index (χ4n) is 1.23. The molecule has 1 rings (SSSR count). The van der Waals surface area contributed by atoms with E-state index in [9.17, 15) is 14.9 Å². The largest absolute Gasteiger partial charge is 0.494 e. The van der Waals surface area contributed by atoms with E-state index >= 15 is 0 Å². The van der Waals surface area contributed by atoms with Crippen LogP contribution in [0.15, 0.2) is 24.3 Å². The van der Waals surface area contributed by atoms with Gasteiger partial charge in [0.25, 0.3) is 5.69 Å². The highest BCUT2D eigenvalue weighted by Gasteiger charge is 2.04. The van der Waals surface area contributed by atoms with Crippen molar-refractivity contribution < 1.29 is 19.2 Å². The number of amides is 1. The number of nitro benzene ring substituents is 1. The van der Waals surface area contributed by atoms with Crippen molar-refractivity contribution in [2.45, 2.75) is 12.8 Å². The van der Waals surface area contributed by atoms with Gasteiger partial charge in [-0.2, -0.15) is 0 Å². The van der Waals surface area contributed by atoms with Gasteiger partial charge in [-0.25, -0.2) is 4.79 Å². The average molecular weight is 254 g/mol. The third-order valence-corrected chi connectivity index (χ3v) is 2.10. The fraction of sp³-hybridized carbons (Fsp3) is 0.364. The monoisotopic (exact) mass is 254 g/mol. The van der Waals surface area contributed by atoms with Crippen molar-refractivity contribution in [3.63, 3.8) is 0 Å². The molecular formula is C11H14N2O5. The minimum Gasteiger partial charge on any atom is -0.494 e. The number of rotatable bonds is 7. The molecule has 0 saturated carbocycles. The lowest BCUT2D eigenvalue weighted by Crippen LogP contribution is -2.14. The second-order valence-electron chi connectivity index (χ2n) is 3.47. The average Bonchev–Trinajstić information content (AvgIpc) is 2.34. The van der Waals surface area contributed by atoms with Gasteiger partial charge in [-0.1, -0.05) is 0 Å². The predicted molar refractivity (Wildman–Crippen MR) is 63.4 cm³/mol. The zero-order chi connectivity index (χ0) is 13.4. The number of carbonyl (C=O) groups excluding carboxylic acids is 1. The molecule has 0 saturated heterocycles. The van der Waals surface area contributed by atoms with Gasteiger partial charge in [0.05, 0.1) is 18.1 Å². The Morgan fingerprint density at radius 2 is 1.83 bits per heavy atom. The van der Waals surface area contributed by atoms with Crippen molar-refractivity contribution in [2.75, 3.05) is 13.2 Å². The van der Waals surface area contributed by atoms with Gasteiger partial charge < -0.3 is 15.2 Å². The van der Waals surface area contributed by atoms with Crippen molar-refractivity contribution in [1.29, 1.82) is 0 Å². The number of primary amides is 1. The van der Waals surface area contributed by atoms with E-state index in [1.54, 1.807) is 0 Å². The number of non-ortho nitro benzene ring substituents is 1. The molecule has 98 valence electrons. The van der Waals surface area contributed by atoms with Crippen molar-refractivity contribution in [1.82, 2.24) is 0 Å². The molecule has 0 aliphatic rings. The maximum absolute atomic E-state index is 10.4. The molecule has 2 N–H and O–H groups in total. The number of unbranched alkanes of at least 4 members (excludes halogenated alkanes) is 1. The summed E-state index contributed by atoms with van der Waals surface area (Å²) in [5, 5.41) is 10.4. The fourth-order valence-corrected chi connectivity index (χ4v) is 1.23. The van der Waals surface area contributed by atoms with Crippen LogP contribution >= 0.6 is 0 Å². The first kappa shape index (κ1) is 13.8. The summed E-state index contributed by atoms with van der Waals surface area (Å²) in [6, 6.07) is 5.84. The summed E-state index contributed by atoms with van der Waals surface area (Å²) in [6.45, 7) is 0.707. The second-order valence-corrected chi connectivity index (χ2v) is 3.47. The number of nitrogens with two attached hydrogens (primary N) is 1. The molecule has 0 aromatic heterocycles. The Bertz CT molecular complexity index is 404. The Labute approximate surface area is 104 Å². The highest BCUT2D eigenvalue weighted by Crippen LogP contribution is 2.17. The van der Waals surface area contributed by atoms with Crippen LogP contribution in [-0.2, 0) is 4.74 Å². The summed E-state index contributed by atoms with van der Waals surface area (Å²) >= 11 is 0. The Hall–Kier alpha value is -2.31. The third-order valence-electron chi connectivity index (χ3n) is 2.10. The summed E-state index contributed by atoms with van der Waals surface area (Å²) in [5.74, 6) is 0.566. The van der Waals surface area contributed by atoms with Crippen LogP contribution in [0.25, 0.3) is 0 Å². The summed E-state index contributed by atoms with van der Waals surface area (Å²) in [7, 11) is 0. The summed E-state index contributed by atoms with van der Waals surface area (Å²) in [6.07, 6.45) is 0.562. The topological polar surface area (TPSA) is 105 Å². The quantitative estimate of drug-likeness (QED) is 0.454. The molecule has 0 heterocycles. The van der Waals surface area contributed by atoms with Gasteiger partial charge in [0, 0.05) is 12.1 Å². The molecule has 1 aromatic rings. The molecule has 18 heavy (non-hydrogen) atoms. The lowest BCUT2D eigenvalue weighted by molar-refractivity contribution is -0.384. The molecular weight excluding hydrogens is 240 g/mol. The summed E-state index contributed by atoms with van der Waals surface area (Å²) < 4.78 is 9.90. The normalized spacial score (nSPS) is 9.78. The molecule has 0 aliphatic carbocycles. The SMILES string of the molecule is NC(=O)OCCCCOc1ccc([N+](=O)[O-])cc1. The van der Waals surface area contributed by atoms with E-state index in [4.69, 9.17) is 10.5 Å². The van der Waals surface area contributed by atoms with Crippen molar-refractivity contribution >= 4 is 11.8 Å². The van der Waals surface area contributed by atoms with Crippen LogP contribution < -0.4 is 10.5 Å². The van der Waals surface area contributed by atoms with Crippen LogP contribution in [0, 0.1) is 10.1 Å². The van der Waals surface area contributed by atoms with Crippen LogP contribution in [0.2, 0.25) is 0 Å². The zero-order valence-electron chi connectivity index (χ0n) is 9.70. The maximum Gasteiger partial charge on any atom is 0.404 e. The van der Waals surface area contributed by atoms with Crippen molar-refractivity contribution in [2.24, 2.45) is 5.73 Å². The van der Waals surface area contributed by atoms with Gasteiger partial charge in [-0.05, 0) is 25.0 Å². The maximum atomic E-state index is 10.4. The van der Waals surface area contributed by atoms with E-state index in [1.807, 2.05) is 0 Å². The minimum absolute atomic E-state index is 0.0252. The number of carbonyl (C=O) groups is 1. The zero-order valence-corrected chi connectivity index (χ0v) is 9.70. The number of benzene rings is 1. The van der Waals surface area contributed by atoms with Gasteiger partial charge in [-0.15, -0.1) is 0 Å². The highest BCUT2D eigenvalue weighted by molar-refractivity contribution is 5.64. The number of hydrogen-bond donors (Lipinski definition) is 1. The molecule has 0 unspecified atom stereocenters. The Balaban J connectivity index is 2.19. The van der Waals surface area contributed by atoms with E-state index in [-0.39, 0.29) is 12.3 Å². The lowest BCUT2D eigenvalue weighted by Gasteiger charge is -2.05. The van der Waals surface area contributed by atoms with Crippen LogP contribution in [-0.4, -0.2) is 24.2 Å². The number of nitro groups is 1. The number of ether oxygens (including phenoxy) is 2. The molecule has 1 amide bonds. The van der Waals surface area contributed by atoms with E-state index in [2.05, 4.69) is 4.74 Å². The molecule has 7 heteroatoms. The van der Waals surface area contributed by atoms with Gasteiger partial charge in [0.1, 0.15) is 5.75 Å². The van der Waals surface area contributed by atoms with E-state index in [1.165, 1.54) is 24.3 Å². The first-order valence-electron chi connectivity index (χ1n) is 5.39. The molecule has 0 bridgehead atoms. The van der Waals surface area contributed by atoms with Crippen molar-refractivity contribution in [3.05, 3.63) is 34.4 Å². The van der Waals surface area contributed by atoms with Crippen LogP contribution in [0.1, 0.15) is 12.8 Å². The Morgan fingerprint density at radius 3 is 2.39 bits per heavy atom. The Morgan fingerprint density at radius 1 is 1.22 bits per heavy atom. The van der Waals surface area contributed by atoms with E-state index in [0.29, 0.717) is 25.2 Å². The summed E-state index contributed by atoms with van der Waals surface area (Å²) in [5.41, 5.74) is 4.81. The van der Waals surface area contributed by atoms with Crippen molar-refractivity contribution in [3.8, 4) is 5.75 Å². The molecule has 1 aromatic carbocycles. The smallest absolute Gasteiger partial charge is 0.404 e. The highest BCUT2D eigenvalue weighted by atomic mass is 16.6. The number of hydrogen-bond acceptors (Lipinski definition) is 5.